The molecule has 0 N–H and O–H groups in total. The molecule has 3 aliphatic rings. The van der Waals surface area contributed by atoms with Crippen molar-refractivity contribution in [1.29, 1.82) is 0 Å². The summed E-state index contributed by atoms with van der Waals surface area (Å²) in [5.74, 6) is 1.04. The number of hydrogen-bond acceptors (Lipinski definition) is 4. The Kier molecular flexibility index (Phi) is 4.91. The van der Waals surface area contributed by atoms with Gasteiger partial charge in [0.15, 0.2) is 5.78 Å². The summed E-state index contributed by atoms with van der Waals surface area (Å²) >= 11 is 0. The lowest BCUT2D eigenvalue weighted by Crippen LogP contribution is -2.48. The van der Waals surface area contributed by atoms with Crippen molar-refractivity contribution < 1.29 is 19.1 Å². The molecule has 0 radical (unpaired) electrons. The number of morpholine rings is 1. The average molecular weight is 403 g/mol. The number of Topliss-reactive ketones (excluding diaryl/α,β-unsaturated/α-hetero) is 1. The molecule has 1 amide bonds. The Labute approximate surface area is 176 Å². The smallest absolute Gasteiger partial charge is 0.250 e. The van der Waals surface area contributed by atoms with Crippen LogP contribution in [0.1, 0.15) is 40.4 Å². The molecule has 1 atom stereocenters. The van der Waals surface area contributed by atoms with Gasteiger partial charge in [-0.1, -0.05) is 36.4 Å². The van der Waals surface area contributed by atoms with Crippen LogP contribution in [0.3, 0.4) is 0 Å². The quantitative estimate of drug-likeness (QED) is 0.785. The van der Waals surface area contributed by atoms with Crippen LogP contribution in [-0.2, 0) is 22.4 Å². The van der Waals surface area contributed by atoms with E-state index < -0.39 is 0 Å². The fourth-order valence-electron chi connectivity index (χ4n) is 4.73. The van der Waals surface area contributed by atoms with Crippen molar-refractivity contribution >= 4 is 17.3 Å². The van der Waals surface area contributed by atoms with Gasteiger partial charge in [-0.25, -0.2) is 0 Å². The molecule has 1 aliphatic heterocycles. The number of ether oxygens (including phenoxy) is 2. The lowest BCUT2D eigenvalue weighted by Gasteiger charge is -2.33. The molecule has 2 aliphatic carbocycles. The SMILES string of the molecule is CC1=C(C(=O)N2CCOC(COc3cccc4c3CCC4=O)C2)Cc2ccccc21. The van der Waals surface area contributed by atoms with E-state index in [9.17, 15) is 9.59 Å². The molecule has 1 saturated heterocycles. The van der Waals surface area contributed by atoms with Crippen LogP contribution in [0.25, 0.3) is 5.57 Å². The molecule has 2 aromatic carbocycles. The minimum absolute atomic E-state index is 0.100. The number of rotatable bonds is 4. The van der Waals surface area contributed by atoms with E-state index in [1.807, 2.05) is 42.2 Å². The fraction of sp³-hybridized carbons (Fsp3) is 0.360. The van der Waals surface area contributed by atoms with Gasteiger partial charge in [-0.15, -0.1) is 0 Å². The Bertz CT molecular complexity index is 1050. The minimum atomic E-state index is -0.180. The van der Waals surface area contributed by atoms with E-state index in [0.717, 1.165) is 34.4 Å². The van der Waals surface area contributed by atoms with Gasteiger partial charge in [-0.3, -0.25) is 9.59 Å². The maximum atomic E-state index is 13.2. The molecule has 5 rings (SSSR count). The summed E-state index contributed by atoms with van der Waals surface area (Å²) < 4.78 is 11.9. The predicted molar refractivity (Wildman–Crippen MR) is 114 cm³/mol. The standard InChI is InChI=1S/C25H25NO4/c1-16-19-6-3-2-5-17(19)13-22(16)25(28)26-11-12-29-18(14-26)15-30-24-8-4-7-20-21(24)9-10-23(20)27/h2-8,18H,9-15H2,1H3. The molecular weight excluding hydrogens is 378 g/mol. The van der Waals surface area contributed by atoms with Crippen LogP contribution in [0.15, 0.2) is 48.0 Å². The Balaban J connectivity index is 1.25. The van der Waals surface area contributed by atoms with E-state index in [0.29, 0.717) is 39.1 Å². The monoisotopic (exact) mass is 403 g/mol. The highest BCUT2D eigenvalue weighted by Crippen LogP contribution is 2.34. The molecule has 30 heavy (non-hydrogen) atoms. The highest BCUT2D eigenvalue weighted by molar-refractivity contribution is 6.03. The van der Waals surface area contributed by atoms with Gasteiger partial charge in [0.25, 0.3) is 5.91 Å². The van der Waals surface area contributed by atoms with Crippen molar-refractivity contribution in [3.8, 4) is 5.75 Å². The number of benzene rings is 2. The normalized spacial score (nSPS) is 20.4. The lowest BCUT2D eigenvalue weighted by molar-refractivity contribution is -0.135. The third-order valence-electron chi connectivity index (χ3n) is 6.39. The molecule has 2 aromatic rings. The van der Waals surface area contributed by atoms with Gasteiger partial charge >= 0.3 is 0 Å². The number of carbonyl (C=O) groups excluding carboxylic acids is 2. The van der Waals surface area contributed by atoms with Gasteiger partial charge in [0.1, 0.15) is 18.5 Å². The first-order valence-electron chi connectivity index (χ1n) is 10.6. The number of ketones is 1. The third kappa shape index (κ3) is 3.33. The molecular formula is C25H25NO4. The summed E-state index contributed by atoms with van der Waals surface area (Å²) in [5.41, 5.74) is 6.14. The van der Waals surface area contributed by atoms with E-state index in [2.05, 4.69) is 12.1 Å². The zero-order valence-corrected chi connectivity index (χ0v) is 17.1. The van der Waals surface area contributed by atoms with Gasteiger partial charge in [0.2, 0.25) is 0 Å². The van der Waals surface area contributed by atoms with Gasteiger partial charge < -0.3 is 14.4 Å². The Morgan fingerprint density at radius 1 is 1.13 bits per heavy atom. The van der Waals surface area contributed by atoms with Gasteiger partial charge in [0.05, 0.1) is 13.2 Å². The number of allylic oxidation sites excluding steroid dienone is 1. The summed E-state index contributed by atoms with van der Waals surface area (Å²) in [7, 11) is 0. The zero-order chi connectivity index (χ0) is 20.7. The number of amides is 1. The van der Waals surface area contributed by atoms with Crippen molar-refractivity contribution in [2.24, 2.45) is 0 Å². The minimum Gasteiger partial charge on any atom is -0.491 e. The first kappa shape index (κ1) is 19.1. The molecule has 0 aromatic heterocycles. The van der Waals surface area contributed by atoms with Crippen molar-refractivity contribution in [2.75, 3.05) is 26.3 Å². The summed E-state index contributed by atoms with van der Waals surface area (Å²) in [6, 6.07) is 13.9. The van der Waals surface area contributed by atoms with E-state index in [-0.39, 0.29) is 17.8 Å². The Morgan fingerprint density at radius 2 is 1.97 bits per heavy atom. The molecule has 154 valence electrons. The molecule has 0 saturated carbocycles. The van der Waals surface area contributed by atoms with Crippen molar-refractivity contribution in [2.45, 2.75) is 32.3 Å². The van der Waals surface area contributed by atoms with Crippen LogP contribution < -0.4 is 4.74 Å². The summed E-state index contributed by atoms with van der Waals surface area (Å²) in [5, 5.41) is 0. The van der Waals surface area contributed by atoms with E-state index in [1.165, 1.54) is 11.1 Å². The molecule has 1 fully saturated rings. The Morgan fingerprint density at radius 3 is 2.83 bits per heavy atom. The van der Waals surface area contributed by atoms with Crippen LogP contribution in [0.5, 0.6) is 5.75 Å². The third-order valence-corrected chi connectivity index (χ3v) is 6.39. The summed E-state index contributed by atoms with van der Waals surface area (Å²) in [6.07, 6.45) is 1.80. The molecule has 0 spiro atoms. The first-order chi connectivity index (χ1) is 14.6. The number of fused-ring (bicyclic) bond motifs is 2. The molecule has 0 bridgehead atoms. The highest BCUT2D eigenvalue weighted by atomic mass is 16.5. The van der Waals surface area contributed by atoms with E-state index in [4.69, 9.17) is 9.47 Å². The van der Waals surface area contributed by atoms with Crippen LogP contribution in [0, 0.1) is 0 Å². The van der Waals surface area contributed by atoms with Gasteiger partial charge in [-0.05, 0) is 36.1 Å². The lowest BCUT2D eigenvalue weighted by atomic mass is 10.1. The second kappa shape index (κ2) is 7.73. The van der Waals surface area contributed by atoms with E-state index >= 15 is 0 Å². The number of carbonyl (C=O) groups is 2. The second-order valence-corrected chi connectivity index (χ2v) is 8.20. The van der Waals surface area contributed by atoms with Gasteiger partial charge in [0, 0.05) is 36.1 Å². The van der Waals surface area contributed by atoms with Gasteiger partial charge in [-0.2, -0.15) is 0 Å². The van der Waals surface area contributed by atoms with Crippen LogP contribution in [0.4, 0.5) is 0 Å². The predicted octanol–water partition coefficient (Wildman–Crippen LogP) is 3.45. The Hall–Kier alpha value is -2.92. The average Bonchev–Trinajstić information content (AvgIpc) is 3.33. The number of hydrogen-bond donors (Lipinski definition) is 0. The largest absolute Gasteiger partial charge is 0.491 e. The zero-order valence-electron chi connectivity index (χ0n) is 17.1. The maximum absolute atomic E-state index is 13.2. The van der Waals surface area contributed by atoms with Crippen LogP contribution in [0.2, 0.25) is 0 Å². The summed E-state index contributed by atoms with van der Waals surface area (Å²) in [6.45, 7) is 4.02. The van der Waals surface area contributed by atoms with Crippen molar-refractivity contribution in [1.82, 2.24) is 4.90 Å². The maximum Gasteiger partial charge on any atom is 0.250 e. The molecule has 1 unspecified atom stereocenters. The molecule has 1 heterocycles. The first-order valence-corrected chi connectivity index (χ1v) is 10.6. The molecule has 5 nitrogen and oxygen atoms in total. The van der Waals surface area contributed by atoms with Crippen molar-refractivity contribution in [3.05, 3.63) is 70.3 Å². The highest BCUT2D eigenvalue weighted by Gasteiger charge is 2.31. The van der Waals surface area contributed by atoms with Crippen LogP contribution in [-0.4, -0.2) is 49.0 Å². The fourth-order valence-corrected chi connectivity index (χ4v) is 4.73. The van der Waals surface area contributed by atoms with E-state index in [1.54, 1.807) is 0 Å². The van der Waals surface area contributed by atoms with Crippen LogP contribution >= 0.6 is 0 Å². The molecule has 5 heteroatoms. The van der Waals surface area contributed by atoms with Crippen molar-refractivity contribution in [3.63, 3.8) is 0 Å². The topological polar surface area (TPSA) is 55.8 Å². The summed E-state index contributed by atoms with van der Waals surface area (Å²) in [4.78, 5) is 27.1. The second-order valence-electron chi connectivity index (χ2n) is 8.20. The number of nitrogens with zero attached hydrogens (tertiary/aromatic N) is 1.